The van der Waals surface area contributed by atoms with Crippen LogP contribution in [0, 0.1) is 5.41 Å². The van der Waals surface area contributed by atoms with Gasteiger partial charge >= 0.3 is 5.97 Å². The zero-order valence-electron chi connectivity index (χ0n) is 10.5. The van der Waals surface area contributed by atoms with E-state index in [4.69, 9.17) is 9.84 Å². The molecule has 1 saturated heterocycles. The molecule has 18 heavy (non-hydrogen) atoms. The Morgan fingerprint density at radius 2 is 2.28 bits per heavy atom. The van der Waals surface area contributed by atoms with E-state index in [0.717, 1.165) is 32.6 Å². The van der Waals surface area contributed by atoms with Crippen LogP contribution in [0.15, 0.2) is 18.5 Å². The lowest BCUT2D eigenvalue weighted by Crippen LogP contribution is -2.33. The van der Waals surface area contributed by atoms with Crippen molar-refractivity contribution in [2.24, 2.45) is 5.41 Å². The van der Waals surface area contributed by atoms with E-state index in [9.17, 15) is 4.79 Å². The van der Waals surface area contributed by atoms with Gasteiger partial charge in [-0.05, 0) is 24.3 Å². The van der Waals surface area contributed by atoms with Crippen LogP contribution in [-0.2, 0) is 4.74 Å². The Bertz CT molecular complexity index is 428. The molecule has 0 radical (unpaired) electrons. The second kappa shape index (κ2) is 5.35. The zero-order valence-corrected chi connectivity index (χ0v) is 10.5. The average Bonchev–Trinajstić information content (AvgIpc) is 2.38. The van der Waals surface area contributed by atoms with Crippen LogP contribution in [0.4, 0.5) is 5.69 Å². The van der Waals surface area contributed by atoms with E-state index >= 15 is 0 Å². The van der Waals surface area contributed by atoms with Crippen LogP contribution in [0.3, 0.4) is 0 Å². The normalized spacial score (nSPS) is 18.3. The topological polar surface area (TPSA) is 71.5 Å². The predicted molar refractivity (Wildman–Crippen MR) is 67.8 cm³/mol. The van der Waals surface area contributed by atoms with E-state index in [-0.39, 0.29) is 11.0 Å². The summed E-state index contributed by atoms with van der Waals surface area (Å²) in [4.78, 5) is 15.0. The lowest BCUT2D eigenvalue weighted by Gasteiger charge is -2.34. The molecule has 0 unspecified atom stereocenters. The summed E-state index contributed by atoms with van der Waals surface area (Å²) in [7, 11) is 0. The SMILES string of the molecule is CC1(CNc2cnccc2C(=O)O)CCOCC1. The minimum absolute atomic E-state index is 0.157. The fraction of sp³-hybridized carbons (Fsp3) is 0.538. The fourth-order valence-electron chi connectivity index (χ4n) is 2.07. The van der Waals surface area contributed by atoms with Crippen molar-refractivity contribution < 1.29 is 14.6 Å². The summed E-state index contributed by atoms with van der Waals surface area (Å²) < 4.78 is 5.34. The third-order valence-electron chi connectivity index (χ3n) is 3.46. The highest BCUT2D eigenvalue weighted by atomic mass is 16.5. The molecule has 0 saturated carbocycles. The first-order chi connectivity index (χ1) is 8.61. The molecule has 2 heterocycles. The summed E-state index contributed by atoms with van der Waals surface area (Å²) in [5.74, 6) is -0.933. The Morgan fingerprint density at radius 3 is 2.94 bits per heavy atom. The predicted octanol–water partition coefficient (Wildman–Crippen LogP) is 2.01. The highest BCUT2D eigenvalue weighted by Gasteiger charge is 2.27. The van der Waals surface area contributed by atoms with Gasteiger partial charge in [0.1, 0.15) is 0 Å². The number of aromatic nitrogens is 1. The van der Waals surface area contributed by atoms with Crippen molar-refractivity contribution in [3.8, 4) is 0 Å². The molecule has 0 amide bonds. The maximum Gasteiger partial charge on any atom is 0.337 e. The highest BCUT2D eigenvalue weighted by Crippen LogP contribution is 2.30. The molecule has 0 aliphatic carbocycles. The number of hydrogen-bond acceptors (Lipinski definition) is 4. The van der Waals surface area contributed by atoms with Gasteiger partial charge in [-0.2, -0.15) is 0 Å². The van der Waals surface area contributed by atoms with E-state index in [1.807, 2.05) is 0 Å². The average molecular weight is 250 g/mol. The number of anilines is 1. The van der Waals surface area contributed by atoms with Gasteiger partial charge in [0.05, 0.1) is 17.4 Å². The minimum Gasteiger partial charge on any atom is -0.478 e. The summed E-state index contributed by atoms with van der Waals surface area (Å²) in [6.07, 6.45) is 5.03. The molecule has 0 spiro atoms. The molecule has 1 aliphatic heterocycles. The monoisotopic (exact) mass is 250 g/mol. The van der Waals surface area contributed by atoms with E-state index in [0.29, 0.717) is 5.69 Å². The standard InChI is InChI=1S/C13H18N2O3/c1-13(3-6-18-7-4-13)9-15-11-8-14-5-2-10(11)12(16)17/h2,5,8,15H,3-4,6-7,9H2,1H3,(H,16,17). The number of hydrogen-bond donors (Lipinski definition) is 2. The Labute approximate surface area is 106 Å². The minimum atomic E-state index is -0.933. The summed E-state index contributed by atoms with van der Waals surface area (Å²) in [6, 6.07) is 1.51. The number of nitrogens with one attached hydrogen (secondary N) is 1. The van der Waals surface area contributed by atoms with Crippen LogP contribution in [0.1, 0.15) is 30.1 Å². The summed E-state index contributed by atoms with van der Waals surface area (Å²) >= 11 is 0. The molecule has 2 N–H and O–H groups in total. The molecule has 5 nitrogen and oxygen atoms in total. The smallest absolute Gasteiger partial charge is 0.337 e. The molecular weight excluding hydrogens is 232 g/mol. The second-order valence-corrected chi connectivity index (χ2v) is 5.00. The largest absolute Gasteiger partial charge is 0.478 e. The number of nitrogens with zero attached hydrogens (tertiary/aromatic N) is 1. The lowest BCUT2D eigenvalue weighted by molar-refractivity contribution is 0.0299. The van der Waals surface area contributed by atoms with Crippen molar-refractivity contribution in [2.75, 3.05) is 25.1 Å². The zero-order chi connectivity index (χ0) is 13.0. The molecule has 0 bridgehead atoms. The number of carbonyl (C=O) groups is 1. The molecule has 1 aromatic heterocycles. The van der Waals surface area contributed by atoms with Gasteiger partial charge in [0.25, 0.3) is 0 Å². The number of ether oxygens (including phenoxy) is 1. The Morgan fingerprint density at radius 1 is 1.56 bits per heavy atom. The van der Waals surface area contributed by atoms with Gasteiger partial charge in [-0.25, -0.2) is 4.79 Å². The van der Waals surface area contributed by atoms with Crippen molar-refractivity contribution >= 4 is 11.7 Å². The van der Waals surface area contributed by atoms with Crippen LogP contribution in [0.25, 0.3) is 0 Å². The van der Waals surface area contributed by atoms with Gasteiger partial charge in [0, 0.05) is 26.0 Å². The van der Waals surface area contributed by atoms with Crippen LogP contribution in [0.2, 0.25) is 0 Å². The van der Waals surface area contributed by atoms with Gasteiger partial charge in [-0.15, -0.1) is 0 Å². The van der Waals surface area contributed by atoms with E-state index in [2.05, 4.69) is 17.2 Å². The molecular formula is C13H18N2O3. The number of aromatic carboxylic acids is 1. The first kappa shape index (κ1) is 12.8. The van der Waals surface area contributed by atoms with Gasteiger partial charge in [-0.3, -0.25) is 4.98 Å². The second-order valence-electron chi connectivity index (χ2n) is 5.00. The fourth-order valence-corrected chi connectivity index (χ4v) is 2.07. The van der Waals surface area contributed by atoms with Crippen LogP contribution in [0.5, 0.6) is 0 Å². The summed E-state index contributed by atoms with van der Waals surface area (Å²) in [6.45, 7) is 4.48. The molecule has 0 atom stereocenters. The van der Waals surface area contributed by atoms with Crippen LogP contribution >= 0.6 is 0 Å². The van der Waals surface area contributed by atoms with E-state index < -0.39 is 5.97 Å². The third-order valence-corrected chi connectivity index (χ3v) is 3.46. The number of pyridine rings is 1. The molecule has 2 rings (SSSR count). The molecule has 1 aromatic rings. The number of carboxylic acid groups (broad SMARTS) is 1. The highest BCUT2D eigenvalue weighted by molar-refractivity contribution is 5.93. The molecule has 1 fully saturated rings. The Kier molecular flexibility index (Phi) is 3.81. The Hall–Kier alpha value is -1.62. The maximum atomic E-state index is 11.1. The van der Waals surface area contributed by atoms with Crippen molar-refractivity contribution in [3.63, 3.8) is 0 Å². The number of carboxylic acids is 1. The van der Waals surface area contributed by atoms with Crippen molar-refractivity contribution in [3.05, 3.63) is 24.0 Å². The maximum absolute atomic E-state index is 11.1. The quantitative estimate of drug-likeness (QED) is 0.855. The Balaban J connectivity index is 2.03. The van der Waals surface area contributed by atoms with Crippen LogP contribution < -0.4 is 5.32 Å². The summed E-state index contributed by atoms with van der Waals surface area (Å²) in [5, 5.41) is 12.3. The molecule has 98 valence electrons. The van der Waals surface area contributed by atoms with E-state index in [1.54, 1.807) is 6.20 Å². The first-order valence-corrected chi connectivity index (χ1v) is 6.10. The van der Waals surface area contributed by atoms with Gasteiger partial charge in [-0.1, -0.05) is 6.92 Å². The lowest BCUT2D eigenvalue weighted by atomic mass is 9.82. The number of rotatable bonds is 4. The van der Waals surface area contributed by atoms with Crippen molar-refractivity contribution in [1.29, 1.82) is 0 Å². The van der Waals surface area contributed by atoms with Gasteiger partial charge in [0.15, 0.2) is 0 Å². The molecule has 1 aliphatic rings. The van der Waals surface area contributed by atoms with Gasteiger partial charge in [0.2, 0.25) is 0 Å². The van der Waals surface area contributed by atoms with E-state index in [1.165, 1.54) is 12.3 Å². The third kappa shape index (κ3) is 2.98. The first-order valence-electron chi connectivity index (χ1n) is 6.10. The van der Waals surface area contributed by atoms with Crippen molar-refractivity contribution in [2.45, 2.75) is 19.8 Å². The van der Waals surface area contributed by atoms with Crippen molar-refractivity contribution in [1.82, 2.24) is 4.98 Å². The van der Waals surface area contributed by atoms with Gasteiger partial charge < -0.3 is 15.2 Å². The molecule has 0 aromatic carbocycles. The van der Waals surface area contributed by atoms with Crippen LogP contribution in [-0.4, -0.2) is 35.8 Å². The molecule has 5 heteroatoms. The summed E-state index contributed by atoms with van der Waals surface area (Å²) in [5.41, 5.74) is 1.00.